The Hall–Kier alpha value is -2.12. The van der Waals surface area contributed by atoms with Gasteiger partial charge in [-0.1, -0.05) is 0 Å². The maximum atomic E-state index is 9.64. The molecular weight excluding hydrogens is 224 g/mol. The number of hydrogen-bond acceptors (Lipinski definition) is 4. The van der Waals surface area contributed by atoms with Crippen molar-refractivity contribution in [2.45, 2.75) is 26.7 Å². The molecule has 0 aromatic carbocycles. The highest BCUT2D eigenvalue weighted by atomic mass is 16.4. The van der Waals surface area contributed by atoms with Crippen molar-refractivity contribution in [2.75, 3.05) is 0 Å². The van der Waals surface area contributed by atoms with Crippen LogP contribution in [0, 0.1) is 0 Å². The second kappa shape index (κ2) is 12.9. The molecule has 0 aromatic rings. The summed E-state index contributed by atoms with van der Waals surface area (Å²) in [6, 6.07) is 0. The number of carbonyl (C=O) groups is 4. The zero-order chi connectivity index (χ0) is 13.7. The summed E-state index contributed by atoms with van der Waals surface area (Å²) < 4.78 is 0. The fourth-order valence-electron chi connectivity index (χ4n) is 0.214. The fourth-order valence-corrected chi connectivity index (χ4v) is 0.214. The quantitative estimate of drug-likeness (QED) is 0.541. The Balaban J connectivity index is -0.000000179. The molecule has 0 unspecified atom stereocenters. The van der Waals surface area contributed by atoms with E-state index in [1.54, 1.807) is 0 Å². The van der Waals surface area contributed by atoms with Crippen LogP contribution in [0.4, 0.5) is 0 Å². The van der Waals surface area contributed by atoms with Gasteiger partial charge in [-0.3, -0.25) is 19.2 Å². The van der Waals surface area contributed by atoms with Crippen molar-refractivity contribution in [3.05, 3.63) is 0 Å². The van der Waals surface area contributed by atoms with Crippen LogP contribution in [0.1, 0.15) is 26.7 Å². The second-order valence-corrected chi connectivity index (χ2v) is 2.33. The average Bonchev–Trinajstić information content (AvgIpc) is 1.98. The van der Waals surface area contributed by atoms with E-state index in [0.29, 0.717) is 0 Å². The van der Waals surface area contributed by atoms with Gasteiger partial charge in [-0.2, -0.15) is 0 Å². The predicted octanol–water partition coefficient (Wildman–Crippen LogP) is 0.118. The second-order valence-electron chi connectivity index (χ2n) is 2.33. The van der Waals surface area contributed by atoms with Gasteiger partial charge in [0.05, 0.1) is 12.8 Å². The first kappa shape index (κ1) is 19.5. The van der Waals surface area contributed by atoms with Crippen LogP contribution in [-0.4, -0.2) is 44.3 Å². The molecule has 8 heteroatoms. The number of carboxylic acid groups (broad SMARTS) is 4. The maximum absolute atomic E-state index is 9.64. The van der Waals surface area contributed by atoms with E-state index in [-0.39, 0.29) is 12.8 Å². The van der Waals surface area contributed by atoms with Crippen LogP contribution in [0.2, 0.25) is 0 Å². The van der Waals surface area contributed by atoms with E-state index >= 15 is 0 Å². The minimum absolute atomic E-state index is 0.296. The molecule has 0 radical (unpaired) electrons. The summed E-state index contributed by atoms with van der Waals surface area (Å²) in [5, 5.41) is 30.6. The van der Waals surface area contributed by atoms with Gasteiger partial charge >= 0.3 is 11.9 Å². The van der Waals surface area contributed by atoms with Crippen molar-refractivity contribution in [2.24, 2.45) is 0 Å². The van der Waals surface area contributed by atoms with Crippen molar-refractivity contribution >= 4 is 23.9 Å². The monoisotopic (exact) mass is 238 g/mol. The zero-order valence-electron chi connectivity index (χ0n) is 8.84. The predicted molar refractivity (Wildman–Crippen MR) is 51.1 cm³/mol. The Morgan fingerprint density at radius 2 is 0.812 bits per heavy atom. The fraction of sp³-hybridized carbons (Fsp3) is 0.500. The van der Waals surface area contributed by atoms with Crippen LogP contribution in [-0.2, 0) is 19.2 Å². The first-order chi connectivity index (χ1) is 7.09. The third-order valence-electron chi connectivity index (χ3n) is 0.553. The number of carboxylic acids is 4. The molecule has 0 aliphatic carbocycles. The molecule has 8 nitrogen and oxygen atoms in total. The summed E-state index contributed by atoms with van der Waals surface area (Å²) in [7, 11) is 0. The minimum atomic E-state index is -1.08. The molecule has 0 heterocycles. The third-order valence-corrected chi connectivity index (χ3v) is 0.553. The molecule has 0 rings (SSSR count). The van der Waals surface area contributed by atoms with Gasteiger partial charge < -0.3 is 20.4 Å². The molecule has 94 valence electrons. The topological polar surface area (TPSA) is 149 Å². The molecule has 0 amide bonds. The van der Waals surface area contributed by atoms with Gasteiger partial charge in [-0.25, -0.2) is 0 Å². The summed E-state index contributed by atoms with van der Waals surface area (Å²) in [6.45, 7) is 2.17. The van der Waals surface area contributed by atoms with Crippen molar-refractivity contribution in [1.82, 2.24) is 0 Å². The molecule has 0 fully saturated rings. The summed E-state index contributed by atoms with van der Waals surface area (Å²) >= 11 is 0. The van der Waals surface area contributed by atoms with Crippen LogP contribution < -0.4 is 0 Å². The van der Waals surface area contributed by atoms with Gasteiger partial charge in [0.15, 0.2) is 0 Å². The number of rotatable bonds is 3. The maximum Gasteiger partial charge on any atom is 0.303 e. The van der Waals surface area contributed by atoms with Gasteiger partial charge in [0.2, 0.25) is 0 Å². The zero-order valence-corrected chi connectivity index (χ0v) is 8.84. The van der Waals surface area contributed by atoms with Gasteiger partial charge in [0.25, 0.3) is 11.9 Å². The highest BCUT2D eigenvalue weighted by Crippen LogP contribution is 1.86. The lowest BCUT2D eigenvalue weighted by molar-refractivity contribution is -0.143. The summed E-state index contributed by atoms with van der Waals surface area (Å²) in [5.41, 5.74) is 0. The number of hydrogen-bond donors (Lipinski definition) is 4. The smallest absolute Gasteiger partial charge is 0.303 e. The standard InChI is InChI=1S/C4H6O4.2C2H4O2/c5-3(6)1-2-4(7)8;2*1-2(3)4/h1-2H2,(H,5,6)(H,7,8);2*1H3,(H,3,4). The van der Waals surface area contributed by atoms with E-state index in [2.05, 4.69) is 0 Å². The molecule has 16 heavy (non-hydrogen) atoms. The van der Waals surface area contributed by atoms with Crippen molar-refractivity contribution < 1.29 is 39.6 Å². The molecule has 0 saturated heterocycles. The lowest BCUT2D eigenvalue weighted by atomic mass is 10.3. The Bertz CT molecular complexity index is 210. The molecule has 0 aromatic heterocycles. The molecule has 0 aliphatic heterocycles. The van der Waals surface area contributed by atoms with Gasteiger partial charge in [-0.15, -0.1) is 0 Å². The van der Waals surface area contributed by atoms with E-state index in [1.165, 1.54) is 0 Å². The van der Waals surface area contributed by atoms with E-state index in [4.69, 9.17) is 30.0 Å². The summed E-state index contributed by atoms with van der Waals surface area (Å²) in [6.07, 6.45) is -0.593. The van der Waals surface area contributed by atoms with E-state index in [1.807, 2.05) is 0 Å². The number of aliphatic carboxylic acids is 4. The highest BCUT2D eigenvalue weighted by Gasteiger charge is 2.00. The van der Waals surface area contributed by atoms with Crippen LogP contribution in [0.15, 0.2) is 0 Å². The lowest BCUT2D eigenvalue weighted by Gasteiger charge is -1.85. The van der Waals surface area contributed by atoms with Crippen molar-refractivity contribution in [3.63, 3.8) is 0 Å². The van der Waals surface area contributed by atoms with Gasteiger partial charge in [0, 0.05) is 13.8 Å². The molecule has 0 bridgehead atoms. The SMILES string of the molecule is CC(=O)O.CC(=O)O.O=C(O)CCC(=O)O. The molecular formula is C8H14O8. The molecule has 0 saturated carbocycles. The minimum Gasteiger partial charge on any atom is -0.481 e. The first-order valence-electron chi connectivity index (χ1n) is 3.92. The van der Waals surface area contributed by atoms with Crippen LogP contribution in [0.5, 0.6) is 0 Å². The summed E-state index contributed by atoms with van der Waals surface area (Å²) in [5.74, 6) is -3.82. The third kappa shape index (κ3) is 170. The van der Waals surface area contributed by atoms with Gasteiger partial charge in [-0.05, 0) is 0 Å². The molecule has 0 atom stereocenters. The average molecular weight is 238 g/mol. The van der Waals surface area contributed by atoms with Crippen molar-refractivity contribution in [3.8, 4) is 0 Å². The molecule has 4 N–H and O–H groups in total. The van der Waals surface area contributed by atoms with Crippen LogP contribution in [0.25, 0.3) is 0 Å². The molecule has 0 spiro atoms. The van der Waals surface area contributed by atoms with E-state index < -0.39 is 23.9 Å². The largest absolute Gasteiger partial charge is 0.481 e. The van der Waals surface area contributed by atoms with E-state index in [0.717, 1.165) is 13.8 Å². The lowest BCUT2D eigenvalue weighted by Crippen LogP contribution is -2.00. The van der Waals surface area contributed by atoms with E-state index in [9.17, 15) is 9.59 Å². The Kier molecular flexibility index (Phi) is 15.7. The Labute approximate surface area is 91.1 Å². The van der Waals surface area contributed by atoms with Crippen molar-refractivity contribution in [1.29, 1.82) is 0 Å². The molecule has 0 aliphatic rings. The van der Waals surface area contributed by atoms with Gasteiger partial charge in [0.1, 0.15) is 0 Å². The summed E-state index contributed by atoms with van der Waals surface area (Å²) in [4.78, 5) is 37.3. The van der Waals surface area contributed by atoms with Crippen LogP contribution >= 0.6 is 0 Å². The Morgan fingerprint density at radius 1 is 0.688 bits per heavy atom. The van der Waals surface area contributed by atoms with Crippen LogP contribution in [0.3, 0.4) is 0 Å². The normalized spacial score (nSPS) is 7.38. The Morgan fingerprint density at radius 3 is 0.875 bits per heavy atom. The first-order valence-corrected chi connectivity index (χ1v) is 3.92. The highest BCUT2D eigenvalue weighted by molar-refractivity contribution is 5.75.